The van der Waals surface area contributed by atoms with Crippen LogP contribution in [0.2, 0.25) is 0 Å². The van der Waals surface area contributed by atoms with Crippen LogP contribution in [-0.4, -0.2) is 57.6 Å². The Labute approximate surface area is 237 Å². The number of aromatic amines is 1. The van der Waals surface area contributed by atoms with Gasteiger partial charge in [0.2, 0.25) is 5.95 Å². The van der Waals surface area contributed by atoms with Crippen LogP contribution in [0.3, 0.4) is 0 Å². The number of phosphoric acid groups is 3. The van der Waals surface area contributed by atoms with E-state index in [1.165, 1.54) is 10.9 Å². The summed E-state index contributed by atoms with van der Waals surface area (Å²) in [6.07, 6.45) is -1.05. The van der Waals surface area contributed by atoms with Crippen LogP contribution >= 0.6 is 34.8 Å². The van der Waals surface area contributed by atoms with Crippen molar-refractivity contribution >= 4 is 57.7 Å². The van der Waals surface area contributed by atoms with Crippen molar-refractivity contribution in [2.45, 2.75) is 31.7 Å². The molecule has 0 amide bonds. The van der Waals surface area contributed by atoms with E-state index >= 15 is 0 Å². The second-order valence-electron chi connectivity index (χ2n) is 8.58. The van der Waals surface area contributed by atoms with Crippen LogP contribution < -0.4 is 11.3 Å². The van der Waals surface area contributed by atoms with Crippen molar-refractivity contribution in [3.8, 4) is 0 Å². The zero-order valence-corrected chi connectivity index (χ0v) is 24.3. The Hall–Kier alpha value is -2.80. The van der Waals surface area contributed by atoms with Gasteiger partial charge in [0, 0.05) is 11.3 Å². The van der Waals surface area contributed by atoms with Gasteiger partial charge in [-0.05, 0) is 34.9 Å². The minimum atomic E-state index is -5.77. The molecular formula is C17H21N8O13P3S. The van der Waals surface area contributed by atoms with Gasteiger partial charge < -0.3 is 30.0 Å². The summed E-state index contributed by atoms with van der Waals surface area (Å²) in [7, 11) is -16.9. The summed E-state index contributed by atoms with van der Waals surface area (Å²) in [6.45, 7) is -0.903. The molecule has 0 spiro atoms. The quantitative estimate of drug-likeness (QED) is 0.0498. The number of Topliss-reactive ketones (excluding diaryl/α,β-unsaturated/α-hetero) is 1. The maximum absolute atomic E-state index is 13.2. The van der Waals surface area contributed by atoms with Crippen molar-refractivity contribution in [2.75, 3.05) is 12.3 Å². The van der Waals surface area contributed by atoms with E-state index in [0.29, 0.717) is 10.4 Å². The Kier molecular flexibility index (Phi) is 9.51. The monoisotopic (exact) mass is 670 g/mol. The summed E-state index contributed by atoms with van der Waals surface area (Å²) in [4.78, 5) is 75.4. The number of imidazole rings is 1. The molecule has 0 aromatic carbocycles. The zero-order chi connectivity index (χ0) is 30.9. The normalized spacial score (nSPS) is 22.0. The smallest absolute Gasteiger partial charge is 0.369 e. The number of nitrogens with two attached hydrogens (primary N) is 1. The molecule has 0 aliphatic carbocycles. The molecule has 1 aliphatic heterocycles. The Morgan fingerprint density at radius 2 is 2.02 bits per heavy atom. The first-order chi connectivity index (χ1) is 19.6. The number of nitrogens with one attached hydrogen (secondary N) is 1. The van der Waals surface area contributed by atoms with Gasteiger partial charge in [0.25, 0.3) is 5.56 Å². The van der Waals surface area contributed by atoms with Crippen LogP contribution in [0, 0.1) is 5.92 Å². The molecule has 0 saturated carbocycles. The number of anilines is 1. The van der Waals surface area contributed by atoms with E-state index in [9.17, 15) is 33.1 Å². The average molecular weight is 670 g/mol. The molecular weight excluding hydrogens is 649 g/mol. The lowest BCUT2D eigenvalue weighted by Crippen LogP contribution is -2.24. The molecule has 42 heavy (non-hydrogen) atoms. The first kappa shape index (κ1) is 32.1. The van der Waals surface area contributed by atoms with Crippen LogP contribution in [-0.2, 0) is 38.1 Å². The average Bonchev–Trinajstić information content (AvgIpc) is 3.57. The van der Waals surface area contributed by atoms with Crippen LogP contribution in [0.15, 0.2) is 27.7 Å². The van der Waals surface area contributed by atoms with Crippen molar-refractivity contribution in [2.24, 2.45) is 11.0 Å². The predicted octanol–water partition coefficient (Wildman–Crippen LogP) is 2.09. The summed E-state index contributed by atoms with van der Waals surface area (Å²) in [5, 5.41) is 5.09. The first-order valence-electron chi connectivity index (χ1n) is 11.3. The highest BCUT2D eigenvalue weighted by Gasteiger charge is 2.44. The van der Waals surface area contributed by atoms with Crippen molar-refractivity contribution < 1.29 is 55.9 Å². The number of azide groups is 1. The number of hydrogen-bond acceptors (Lipinski definition) is 14. The molecule has 1 fully saturated rings. The second-order valence-corrected chi connectivity index (χ2v) is 13.9. The van der Waals surface area contributed by atoms with Crippen LogP contribution in [0.4, 0.5) is 5.95 Å². The summed E-state index contributed by atoms with van der Waals surface area (Å²) in [5.41, 5.74) is 14.1. The number of nitrogen functional groups attached to an aromatic ring is 1. The number of carbonyl (C=O) groups is 1. The second kappa shape index (κ2) is 12.4. The largest absolute Gasteiger partial charge is 0.490 e. The van der Waals surface area contributed by atoms with Gasteiger partial charge in [-0.1, -0.05) is 5.11 Å². The Bertz CT molecular complexity index is 1750. The molecule has 228 valence electrons. The van der Waals surface area contributed by atoms with Crippen molar-refractivity contribution in [1.82, 2.24) is 19.5 Å². The third-order valence-electron chi connectivity index (χ3n) is 5.69. The van der Waals surface area contributed by atoms with Gasteiger partial charge >= 0.3 is 23.5 Å². The van der Waals surface area contributed by atoms with Crippen LogP contribution in [0.1, 0.15) is 34.3 Å². The first-order valence-corrected chi connectivity index (χ1v) is 16.7. The number of rotatable bonds is 13. The van der Waals surface area contributed by atoms with Gasteiger partial charge in [-0.2, -0.15) is 13.6 Å². The van der Waals surface area contributed by atoms with E-state index in [0.717, 1.165) is 11.3 Å². The molecule has 3 aromatic rings. The van der Waals surface area contributed by atoms with E-state index in [-0.39, 0.29) is 42.3 Å². The number of fused-ring (bicyclic) bond motifs is 1. The van der Waals surface area contributed by atoms with Gasteiger partial charge in [0.1, 0.15) is 6.23 Å². The van der Waals surface area contributed by atoms with E-state index in [1.54, 1.807) is 11.4 Å². The number of phosphoric ester groups is 1. The number of aromatic nitrogens is 4. The number of H-pyrrole nitrogens is 1. The molecule has 4 rings (SSSR count). The van der Waals surface area contributed by atoms with Gasteiger partial charge in [-0.25, -0.2) is 18.7 Å². The third kappa shape index (κ3) is 7.97. The van der Waals surface area contributed by atoms with Gasteiger partial charge in [0.05, 0.1) is 30.5 Å². The molecule has 3 aromatic heterocycles. The highest BCUT2D eigenvalue weighted by atomic mass is 32.1. The number of ether oxygens (including phenoxy) is 1. The standard InChI is InChI=1S/C17H21N8O13P3S/c18-17-22-15-13(16(27)23-17)20-7-25(15)12-4-9(3-10(26)14-8(1-2-42-14)5-21-24-19)11(36-12)6-35-40(31,32)38-41(33,34)37-39(28,29)30/h1-2,7,9,11-12H,3-6H2,(H,31,32)(H,33,34)(H2,28,29,30)(H3,18,22,23,27)/t9?,11-,12-/m1/s1. The van der Waals surface area contributed by atoms with Crippen molar-refractivity contribution in [3.05, 3.63) is 49.0 Å². The Morgan fingerprint density at radius 3 is 2.71 bits per heavy atom. The molecule has 0 radical (unpaired) electrons. The summed E-state index contributed by atoms with van der Waals surface area (Å²) >= 11 is 1.10. The maximum Gasteiger partial charge on any atom is 0.490 e. The highest BCUT2D eigenvalue weighted by molar-refractivity contribution is 7.66. The van der Waals surface area contributed by atoms with E-state index in [2.05, 4.69) is 33.6 Å². The molecule has 7 N–H and O–H groups in total. The Balaban J connectivity index is 1.57. The molecule has 4 heterocycles. The Morgan fingerprint density at radius 1 is 1.29 bits per heavy atom. The molecule has 0 bridgehead atoms. The van der Waals surface area contributed by atoms with E-state index < -0.39 is 53.9 Å². The molecule has 3 unspecified atom stereocenters. The van der Waals surface area contributed by atoms with Crippen LogP contribution in [0.5, 0.6) is 0 Å². The number of carbonyl (C=O) groups excluding carboxylic acids is 1. The molecule has 25 heteroatoms. The summed E-state index contributed by atoms with van der Waals surface area (Å²) in [5.74, 6) is -1.35. The fourth-order valence-corrected chi connectivity index (χ4v) is 8.01. The molecule has 1 aliphatic rings. The molecule has 1 saturated heterocycles. The third-order valence-corrected chi connectivity index (χ3v) is 10.5. The fourth-order valence-electron chi connectivity index (χ4n) is 4.12. The molecule has 5 atom stereocenters. The SMILES string of the molecule is [N-]=[N+]=NCc1ccsc1C(=O)CC1C[C@H](n2cnc3c(=O)[nH]c(N)nc32)O[C@@H]1COP(=O)(O)OP(=O)(O)OP(=O)(O)O. The lowest BCUT2D eigenvalue weighted by molar-refractivity contribution is -0.0287. The highest BCUT2D eigenvalue weighted by Crippen LogP contribution is 2.66. The minimum Gasteiger partial charge on any atom is -0.369 e. The number of thiophene rings is 1. The minimum absolute atomic E-state index is 0.0368. The van der Waals surface area contributed by atoms with E-state index in [1.807, 2.05) is 0 Å². The molecule has 21 nitrogen and oxygen atoms in total. The number of nitrogens with zero attached hydrogens (tertiary/aromatic N) is 6. The van der Waals surface area contributed by atoms with Crippen LogP contribution in [0.25, 0.3) is 21.6 Å². The topological polar surface area (TPSA) is 324 Å². The van der Waals surface area contributed by atoms with Gasteiger partial charge in [-0.15, -0.1) is 11.3 Å². The number of ketones is 1. The van der Waals surface area contributed by atoms with Crippen molar-refractivity contribution in [3.63, 3.8) is 0 Å². The maximum atomic E-state index is 13.2. The van der Waals surface area contributed by atoms with Crippen molar-refractivity contribution in [1.29, 1.82) is 0 Å². The zero-order valence-electron chi connectivity index (χ0n) is 20.8. The summed E-state index contributed by atoms with van der Waals surface area (Å²) < 4.78 is 54.3. The van der Waals surface area contributed by atoms with E-state index in [4.69, 9.17) is 30.3 Å². The fraction of sp³-hybridized carbons (Fsp3) is 0.412. The lowest BCUT2D eigenvalue weighted by Gasteiger charge is -2.21. The lowest BCUT2D eigenvalue weighted by atomic mass is 9.93. The van der Waals surface area contributed by atoms with Gasteiger partial charge in [0.15, 0.2) is 16.9 Å². The number of hydrogen-bond donors (Lipinski definition) is 6. The predicted molar refractivity (Wildman–Crippen MR) is 141 cm³/mol. The van der Waals surface area contributed by atoms with Gasteiger partial charge in [-0.3, -0.25) is 23.7 Å². The summed E-state index contributed by atoms with van der Waals surface area (Å²) in [6, 6.07) is 1.61.